The van der Waals surface area contributed by atoms with Gasteiger partial charge in [0.25, 0.3) is 8.32 Å². The first-order chi connectivity index (χ1) is 6.06. The summed E-state index contributed by atoms with van der Waals surface area (Å²) in [7, 11) is -1.49. The minimum atomic E-state index is -1.49. The first-order valence-corrected chi connectivity index (χ1v) is 8.11. The van der Waals surface area contributed by atoms with Crippen molar-refractivity contribution < 1.29 is 9.32 Å². The van der Waals surface area contributed by atoms with Crippen LogP contribution in [-0.4, -0.2) is 20.8 Å². The van der Waals surface area contributed by atoms with E-state index in [0.717, 1.165) is 25.5 Å². The lowest BCUT2D eigenvalue weighted by atomic mass is 10.2. The molecule has 0 radical (unpaired) electrons. The van der Waals surface area contributed by atoms with E-state index in [9.17, 15) is 4.79 Å². The summed E-state index contributed by atoms with van der Waals surface area (Å²) in [5.74, 6) is 0. The third-order valence-corrected chi connectivity index (χ3v) is 1.96. The van der Waals surface area contributed by atoms with Crippen molar-refractivity contribution in [2.75, 3.05) is 0 Å². The molecule has 0 aliphatic rings. The maximum absolute atomic E-state index is 9.97. The molecule has 76 valence electrons. The number of unbranched alkanes of at least 4 members (excludes halogenated alkanes) is 3. The first-order valence-electron chi connectivity index (χ1n) is 4.70. The zero-order valence-corrected chi connectivity index (χ0v) is 9.75. The van der Waals surface area contributed by atoms with Crippen LogP contribution in [0.1, 0.15) is 25.7 Å². The lowest BCUT2D eigenvalue weighted by molar-refractivity contribution is -0.107. The second kappa shape index (κ2) is 6.83. The summed E-state index contributed by atoms with van der Waals surface area (Å²) >= 11 is 0. The molecule has 0 heterocycles. The molecule has 0 fully saturated rings. The van der Waals surface area contributed by atoms with Crippen molar-refractivity contribution in [2.24, 2.45) is 5.16 Å². The zero-order valence-electron chi connectivity index (χ0n) is 8.75. The fourth-order valence-corrected chi connectivity index (χ4v) is 1.10. The van der Waals surface area contributed by atoms with Gasteiger partial charge in [0.05, 0.1) is 0 Å². The number of carbonyl (C=O) groups is 1. The van der Waals surface area contributed by atoms with Crippen LogP contribution in [0.15, 0.2) is 5.16 Å². The van der Waals surface area contributed by atoms with Gasteiger partial charge >= 0.3 is 0 Å². The molecule has 13 heavy (non-hydrogen) atoms. The Morgan fingerprint density at radius 3 is 2.38 bits per heavy atom. The van der Waals surface area contributed by atoms with Crippen LogP contribution in [0.2, 0.25) is 19.6 Å². The van der Waals surface area contributed by atoms with E-state index in [-0.39, 0.29) is 0 Å². The molecule has 0 spiro atoms. The van der Waals surface area contributed by atoms with Crippen LogP contribution in [0.25, 0.3) is 0 Å². The largest absolute Gasteiger partial charge is 0.456 e. The van der Waals surface area contributed by atoms with E-state index in [2.05, 4.69) is 24.8 Å². The highest BCUT2D eigenvalue weighted by atomic mass is 28.4. The lowest BCUT2D eigenvalue weighted by Gasteiger charge is -2.11. The minimum Gasteiger partial charge on any atom is -0.456 e. The quantitative estimate of drug-likeness (QED) is 0.209. The molecule has 3 nitrogen and oxygen atoms in total. The van der Waals surface area contributed by atoms with Gasteiger partial charge in [-0.1, -0.05) is 0 Å². The molecule has 0 N–H and O–H groups in total. The minimum absolute atomic E-state index is 0.655. The van der Waals surface area contributed by atoms with E-state index >= 15 is 0 Å². The Kier molecular flexibility index (Phi) is 6.49. The van der Waals surface area contributed by atoms with E-state index in [1.807, 2.05) is 0 Å². The third-order valence-electron chi connectivity index (χ3n) is 1.31. The van der Waals surface area contributed by atoms with Crippen molar-refractivity contribution in [2.45, 2.75) is 45.3 Å². The second-order valence-electron chi connectivity index (χ2n) is 3.94. The molecule has 0 aromatic carbocycles. The fourth-order valence-electron chi connectivity index (χ4n) is 0.711. The topological polar surface area (TPSA) is 38.7 Å². The molecule has 0 saturated heterocycles. The van der Waals surface area contributed by atoms with Gasteiger partial charge in [-0.05, 0) is 38.9 Å². The van der Waals surface area contributed by atoms with E-state index in [1.54, 1.807) is 6.21 Å². The van der Waals surface area contributed by atoms with Crippen LogP contribution in [0.3, 0.4) is 0 Å². The molecule has 0 bridgehead atoms. The van der Waals surface area contributed by atoms with Gasteiger partial charge in [-0.25, -0.2) is 0 Å². The Morgan fingerprint density at radius 2 is 1.85 bits per heavy atom. The molecule has 4 heteroatoms. The highest BCUT2D eigenvalue weighted by Crippen LogP contribution is 2.02. The zero-order chi connectivity index (χ0) is 10.2. The SMILES string of the molecule is C[Si](C)(C)O/N=C/CCCCC=O. The van der Waals surface area contributed by atoms with Crippen LogP contribution in [-0.2, 0) is 9.32 Å². The van der Waals surface area contributed by atoms with Crippen molar-refractivity contribution >= 4 is 20.8 Å². The van der Waals surface area contributed by atoms with Gasteiger partial charge in [0.15, 0.2) is 0 Å². The van der Waals surface area contributed by atoms with Gasteiger partial charge in [0.1, 0.15) is 6.29 Å². The maximum atomic E-state index is 9.97. The molecule has 0 aromatic heterocycles. The standard InChI is InChI=1S/C9H19NO2Si/c1-13(2,3)12-10-8-6-4-5-7-9-11/h8-9H,4-7H2,1-3H3/b10-8+. The third kappa shape index (κ3) is 11.4. The average Bonchev–Trinajstić information content (AvgIpc) is 2.01. The predicted octanol–water partition coefficient (Wildman–Crippen LogP) is 2.58. The van der Waals surface area contributed by atoms with Crippen LogP contribution < -0.4 is 0 Å². The van der Waals surface area contributed by atoms with Crippen LogP contribution in [0, 0.1) is 0 Å². The van der Waals surface area contributed by atoms with E-state index < -0.39 is 8.32 Å². The molecule has 0 rings (SSSR count). The van der Waals surface area contributed by atoms with Gasteiger partial charge in [-0.15, -0.1) is 5.16 Å². The summed E-state index contributed by atoms with van der Waals surface area (Å²) in [6.07, 6.45) is 6.26. The van der Waals surface area contributed by atoms with Crippen LogP contribution >= 0.6 is 0 Å². The number of hydrogen-bond acceptors (Lipinski definition) is 3. The summed E-state index contributed by atoms with van der Waals surface area (Å²) in [5, 5.41) is 3.89. The van der Waals surface area contributed by atoms with Gasteiger partial charge in [-0.2, -0.15) is 0 Å². The van der Waals surface area contributed by atoms with Crippen LogP contribution in [0.4, 0.5) is 0 Å². The molecule has 0 amide bonds. The van der Waals surface area contributed by atoms with E-state index in [1.165, 1.54) is 0 Å². The summed E-state index contributed by atoms with van der Waals surface area (Å²) in [6, 6.07) is 0. The van der Waals surface area contributed by atoms with E-state index in [4.69, 9.17) is 4.53 Å². The van der Waals surface area contributed by atoms with E-state index in [0.29, 0.717) is 6.42 Å². The highest BCUT2D eigenvalue weighted by Gasteiger charge is 2.14. The summed E-state index contributed by atoms with van der Waals surface area (Å²) in [4.78, 5) is 9.97. The Morgan fingerprint density at radius 1 is 1.23 bits per heavy atom. The summed E-state index contributed by atoms with van der Waals surface area (Å²) in [5.41, 5.74) is 0. The number of nitrogens with zero attached hydrogens (tertiary/aromatic N) is 1. The monoisotopic (exact) mass is 201 g/mol. The number of aldehydes is 1. The van der Waals surface area contributed by atoms with Gasteiger partial charge in [0.2, 0.25) is 0 Å². The lowest BCUT2D eigenvalue weighted by Crippen LogP contribution is -2.22. The van der Waals surface area contributed by atoms with Crippen molar-refractivity contribution in [3.8, 4) is 0 Å². The van der Waals surface area contributed by atoms with Crippen molar-refractivity contribution in [1.29, 1.82) is 0 Å². The number of carbonyl (C=O) groups excluding carboxylic acids is 1. The molecule has 0 aromatic rings. The molecular weight excluding hydrogens is 182 g/mol. The Bertz CT molecular complexity index is 163. The number of rotatable bonds is 7. The van der Waals surface area contributed by atoms with Gasteiger partial charge < -0.3 is 9.32 Å². The fraction of sp³-hybridized carbons (Fsp3) is 0.778. The molecule has 0 saturated carbocycles. The normalized spacial score (nSPS) is 11.9. The first kappa shape index (κ1) is 12.4. The Balaban J connectivity index is 3.27. The average molecular weight is 201 g/mol. The Hall–Kier alpha value is -0.643. The summed E-state index contributed by atoms with van der Waals surface area (Å²) < 4.78 is 5.27. The summed E-state index contributed by atoms with van der Waals surface area (Å²) in [6.45, 7) is 6.28. The van der Waals surface area contributed by atoms with Crippen molar-refractivity contribution in [3.63, 3.8) is 0 Å². The molecular formula is C9H19NO2Si. The predicted molar refractivity (Wildman–Crippen MR) is 57.5 cm³/mol. The molecule has 0 aliphatic heterocycles. The second-order valence-corrected chi connectivity index (χ2v) is 8.35. The van der Waals surface area contributed by atoms with Crippen molar-refractivity contribution in [1.82, 2.24) is 0 Å². The van der Waals surface area contributed by atoms with Crippen LogP contribution in [0.5, 0.6) is 0 Å². The smallest absolute Gasteiger partial charge is 0.278 e. The maximum Gasteiger partial charge on any atom is 0.278 e. The van der Waals surface area contributed by atoms with Crippen molar-refractivity contribution in [3.05, 3.63) is 0 Å². The van der Waals surface area contributed by atoms with Gasteiger partial charge in [0, 0.05) is 12.6 Å². The number of oxime groups is 1. The highest BCUT2D eigenvalue weighted by molar-refractivity contribution is 6.69. The number of hydrogen-bond donors (Lipinski definition) is 0. The molecule has 0 aliphatic carbocycles. The Labute approximate surface area is 81.3 Å². The molecule has 0 unspecified atom stereocenters. The van der Waals surface area contributed by atoms with Gasteiger partial charge in [-0.3, -0.25) is 0 Å². The molecule has 0 atom stereocenters.